The van der Waals surface area contributed by atoms with Crippen molar-refractivity contribution in [2.45, 2.75) is 33.1 Å². The molecule has 0 saturated carbocycles. The Kier molecular flexibility index (Phi) is 2.58. The Bertz CT molecular complexity index is 475. The third-order valence-electron chi connectivity index (χ3n) is 2.66. The molecule has 0 fully saturated rings. The van der Waals surface area contributed by atoms with Gasteiger partial charge in [0.05, 0.1) is 17.6 Å². The molecule has 0 bridgehead atoms. The maximum absolute atomic E-state index is 4.47. The average Bonchev–Trinajstić information content (AvgIpc) is 2.61. The second-order valence-electron chi connectivity index (χ2n) is 5.17. The monoisotopic (exact) mass is 214 g/mol. The minimum absolute atomic E-state index is 0.108. The Morgan fingerprint density at radius 1 is 1.06 bits per heavy atom. The lowest BCUT2D eigenvalue weighted by molar-refractivity contribution is 0.540. The largest absolute Gasteiger partial charge is 0.237 e. The number of aromatic nitrogens is 2. The summed E-state index contributed by atoms with van der Waals surface area (Å²) in [5.41, 5.74) is 3.76. The van der Waals surface area contributed by atoms with Crippen LogP contribution in [-0.4, -0.2) is 9.78 Å². The van der Waals surface area contributed by atoms with Gasteiger partial charge in [-0.2, -0.15) is 5.10 Å². The summed E-state index contributed by atoms with van der Waals surface area (Å²) < 4.78 is 2.04. The molecule has 2 heteroatoms. The van der Waals surface area contributed by atoms with Crippen LogP contribution in [0.5, 0.6) is 0 Å². The van der Waals surface area contributed by atoms with Crippen molar-refractivity contribution in [2.75, 3.05) is 0 Å². The molecule has 0 unspecified atom stereocenters. The number of benzene rings is 1. The van der Waals surface area contributed by atoms with Gasteiger partial charge < -0.3 is 0 Å². The molecule has 84 valence electrons. The summed E-state index contributed by atoms with van der Waals surface area (Å²) in [5.74, 6) is 0. The third-order valence-corrected chi connectivity index (χ3v) is 2.66. The fourth-order valence-electron chi connectivity index (χ4n) is 2.10. The van der Waals surface area contributed by atoms with E-state index in [1.165, 1.54) is 11.3 Å². The number of hydrogen-bond donors (Lipinski definition) is 0. The van der Waals surface area contributed by atoms with Gasteiger partial charge in [-0.25, -0.2) is 4.68 Å². The molecule has 2 nitrogen and oxygen atoms in total. The van der Waals surface area contributed by atoms with Crippen molar-refractivity contribution in [3.05, 3.63) is 47.8 Å². The first kappa shape index (κ1) is 10.9. The van der Waals surface area contributed by atoms with Crippen LogP contribution in [0.3, 0.4) is 0 Å². The molecular weight excluding hydrogens is 196 g/mol. The molecule has 0 aliphatic rings. The highest BCUT2D eigenvalue weighted by Gasteiger charge is 2.22. The van der Waals surface area contributed by atoms with E-state index in [2.05, 4.69) is 44.9 Å². The Balaban J connectivity index is 2.60. The average molecular weight is 214 g/mol. The van der Waals surface area contributed by atoms with Crippen LogP contribution in [0, 0.1) is 6.92 Å². The zero-order chi connectivity index (χ0) is 11.8. The van der Waals surface area contributed by atoms with Gasteiger partial charge in [0.25, 0.3) is 0 Å². The highest BCUT2D eigenvalue weighted by Crippen LogP contribution is 2.27. The van der Waals surface area contributed by atoms with E-state index in [0.717, 1.165) is 5.69 Å². The van der Waals surface area contributed by atoms with Crippen LogP contribution in [0.4, 0.5) is 0 Å². The van der Waals surface area contributed by atoms with Gasteiger partial charge in [0.2, 0.25) is 0 Å². The zero-order valence-corrected chi connectivity index (χ0v) is 10.4. The lowest BCUT2D eigenvalue weighted by atomic mass is 9.89. The molecule has 1 heterocycles. The van der Waals surface area contributed by atoms with Gasteiger partial charge >= 0.3 is 0 Å². The van der Waals surface area contributed by atoms with E-state index in [9.17, 15) is 0 Å². The van der Waals surface area contributed by atoms with E-state index < -0.39 is 0 Å². The molecule has 16 heavy (non-hydrogen) atoms. The summed E-state index contributed by atoms with van der Waals surface area (Å²) in [5, 5.41) is 4.47. The number of rotatable bonds is 1. The summed E-state index contributed by atoms with van der Waals surface area (Å²) in [4.78, 5) is 0. The Morgan fingerprint density at radius 2 is 1.69 bits per heavy atom. The van der Waals surface area contributed by atoms with Gasteiger partial charge in [-0.3, -0.25) is 0 Å². The van der Waals surface area contributed by atoms with Crippen LogP contribution < -0.4 is 0 Å². The maximum Gasteiger partial charge on any atom is 0.0649 e. The number of para-hydroxylation sites is 1. The van der Waals surface area contributed by atoms with E-state index in [0.29, 0.717) is 0 Å². The summed E-state index contributed by atoms with van der Waals surface area (Å²) in [6.07, 6.45) is 1.94. The number of hydrogen-bond acceptors (Lipinski definition) is 1. The first-order chi connectivity index (χ1) is 7.50. The first-order valence-electron chi connectivity index (χ1n) is 5.60. The predicted molar refractivity (Wildman–Crippen MR) is 67.0 cm³/mol. The lowest BCUT2D eigenvalue weighted by Crippen LogP contribution is -2.18. The molecule has 2 aromatic rings. The number of aryl methyl sites for hydroxylation is 1. The van der Waals surface area contributed by atoms with Gasteiger partial charge in [0, 0.05) is 5.41 Å². The van der Waals surface area contributed by atoms with Crippen LogP contribution in [0.2, 0.25) is 0 Å². The third kappa shape index (κ3) is 1.87. The van der Waals surface area contributed by atoms with Crippen molar-refractivity contribution in [1.82, 2.24) is 9.78 Å². The molecule has 0 saturated heterocycles. The molecule has 0 atom stereocenters. The van der Waals surface area contributed by atoms with E-state index >= 15 is 0 Å². The quantitative estimate of drug-likeness (QED) is 0.710. The van der Waals surface area contributed by atoms with Gasteiger partial charge in [0.15, 0.2) is 0 Å². The summed E-state index contributed by atoms with van der Waals surface area (Å²) >= 11 is 0. The highest BCUT2D eigenvalue weighted by molar-refractivity contribution is 5.37. The van der Waals surface area contributed by atoms with Gasteiger partial charge in [-0.05, 0) is 24.6 Å². The Hall–Kier alpha value is -1.57. The van der Waals surface area contributed by atoms with Crippen LogP contribution >= 0.6 is 0 Å². The van der Waals surface area contributed by atoms with E-state index in [1.807, 2.05) is 29.1 Å². The Labute approximate surface area is 96.9 Å². The molecule has 0 aliphatic carbocycles. The van der Waals surface area contributed by atoms with Crippen LogP contribution in [0.15, 0.2) is 36.5 Å². The molecular formula is C14H18N2. The van der Waals surface area contributed by atoms with Crippen molar-refractivity contribution in [2.24, 2.45) is 0 Å². The molecule has 0 radical (unpaired) electrons. The SMILES string of the molecule is Cc1cnn(-c2ccccc2)c1C(C)(C)C. The first-order valence-corrected chi connectivity index (χ1v) is 5.60. The minimum atomic E-state index is 0.108. The molecule has 1 aromatic carbocycles. The lowest BCUT2D eigenvalue weighted by Gasteiger charge is -2.21. The van der Waals surface area contributed by atoms with Crippen LogP contribution in [0.1, 0.15) is 32.0 Å². The molecule has 0 N–H and O–H groups in total. The van der Waals surface area contributed by atoms with Crippen molar-refractivity contribution >= 4 is 0 Å². The van der Waals surface area contributed by atoms with Crippen LogP contribution in [-0.2, 0) is 5.41 Å². The number of nitrogens with zero attached hydrogens (tertiary/aromatic N) is 2. The summed E-state index contributed by atoms with van der Waals surface area (Å²) in [7, 11) is 0. The maximum atomic E-state index is 4.47. The van der Waals surface area contributed by atoms with Gasteiger partial charge in [0.1, 0.15) is 0 Å². The molecule has 0 amide bonds. The fraction of sp³-hybridized carbons (Fsp3) is 0.357. The van der Waals surface area contributed by atoms with Gasteiger partial charge in [-0.15, -0.1) is 0 Å². The zero-order valence-electron chi connectivity index (χ0n) is 10.4. The minimum Gasteiger partial charge on any atom is -0.237 e. The second-order valence-corrected chi connectivity index (χ2v) is 5.17. The van der Waals surface area contributed by atoms with Crippen molar-refractivity contribution < 1.29 is 0 Å². The van der Waals surface area contributed by atoms with E-state index in [1.54, 1.807) is 0 Å². The van der Waals surface area contributed by atoms with Crippen molar-refractivity contribution in [3.63, 3.8) is 0 Å². The fourth-order valence-corrected chi connectivity index (χ4v) is 2.10. The van der Waals surface area contributed by atoms with E-state index in [4.69, 9.17) is 0 Å². The van der Waals surface area contributed by atoms with Crippen molar-refractivity contribution in [1.29, 1.82) is 0 Å². The van der Waals surface area contributed by atoms with E-state index in [-0.39, 0.29) is 5.41 Å². The van der Waals surface area contributed by atoms with Crippen LogP contribution in [0.25, 0.3) is 5.69 Å². The molecule has 0 aliphatic heterocycles. The summed E-state index contributed by atoms with van der Waals surface area (Å²) in [6.45, 7) is 8.77. The topological polar surface area (TPSA) is 17.8 Å². The summed E-state index contributed by atoms with van der Waals surface area (Å²) in [6, 6.07) is 10.3. The van der Waals surface area contributed by atoms with Crippen molar-refractivity contribution in [3.8, 4) is 5.69 Å². The smallest absolute Gasteiger partial charge is 0.0649 e. The second kappa shape index (κ2) is 3.78. The molecule has 0 spiro atoms. The standard InChI is InChI=1S/C14H18N2/c1-11-10-15-16(13(11)14(2,3)4)12-8-6-5-7-9-12/h5-10H,1-4H3. The predicted octanol–water partition coefficient (Wildman–Crippen LogP) is 3.48. The normalized spacial score (nSPS) is 11.8. The highest BCUT2D eigenvalue weighted by atomic mass is 15.3. The van der Waals surface area contributed by atoms with Gasteiger partial charge in [-0.1, -0.05) is 39.0 Å². The Morgan fingerprint density at radius 3 is 2.25 bits per heavy atom. The molecule has 1 aromatic heterocycles. The molecule has 2 rings (SSSR count).